The average Bonchev–Trinajstić information content (AvgIpc) is 2.94. The highest BCUT2D eigenvalue weighted by Gasteiger charge is 2.28. The zero-order valence-corrected chi connectivity index (χ0v) is 15.3. The molecule has 1 saturated heterocycles. The van der Waals surface area contributed by atoms with Crippen molar-refractivity contribution < 1.29 is 13.2 Å². The number of rotatable bonds is 5. The second kappa shape index (κ2) is 6.96. The number of hydrogen-bond donors (Lipinski definition) is 0. The molecule has 0 amide bonds. The topological polar surface area (TPSA) is 46.6 Å². The van der Waals surface area contributed by atoms with Crippen LogP contribution in [0.5, 0.6) is 0 Å². The number of aryl methyl sites for hydroxylation is 1. The highest BCUT2D eigenvalue weighted by atomic mass is 79.9. The summed E-state index contributed by atoms with van der Waals surface area (Å²) in [6.45, 7) is 2.95. The monoisotopic (exact) mass is 395 g/mol. The Morgan fingerprint density at radius 2 is 2.19 bits per heavy atom. The van der Waals surface area contributed by atoms with Crippen LogP contribution in [0.1, 0.15) is 24.0 Å². The predicted molar refractivity (Wildman–Crippen MR) is 87.2 cm³/mol. The molecule has 21 heavy (non-hydrogen) atoms. The van der Waals surface area contributed by atoms with E-state index in [1.54, 1.807) is 13.1 Å². The van der Waals surface area contributed by atoms with Gasteiger partial charge in [-0.1, -0.05) is 6.07 Å². The minimum atomic E-state index is -3.56. The quantitative estimate of drug-likeness (QED) is 0.717. The normalized spacial score (nSPS) is 19.4. The Balaban J connectivity index is 2.31. The third kappa shape index (κ3) is 3.79. The van der Waals surface area contributed by atoms with Crippen molar-refractivity contribution in [1.82, 2.24) is 4.31 Å². The van der Waals surface area contributed by atoms with Crippen LogP contribution in [0.4, 0.5) is 0 Å². The van der Waals surface area contributed by atoms with Gasteiger partial charge in [-0.2, -0.15) is 4.31 Å². The molecule has 0 spiro atoms. The molecule has 1 aromatic carbocycles. The minimum absolute atomic E-state index is 0.0131. The highest BCUT2D eigenvalue weighted by molar-refractivity contribution is 9.10. The summed E-state index contributed by atoms with van der Waals surface area (Å²) < 4.78 is 33.0. The maximum atomic E-state index is 12.8. The lowest BCUT2D eigenvalue weighted by molar-refractivity contribution is 0.0979. The maximum Gasteiger partial charge on any atom is 0.244 e. The van der Waals surface area contributed by atoms with E-state index in [9.17, 15) is 8.42 Å². The van der Waals surface area contributed by atoms with Crippen molar-refractivity contribution in [2.24, 2.45) is 0 Å². The maximum absolute atomic E-state index is 12.8. The summed E-state index contributed by atoms with van der Waals surface area (Å²) in [5.74, 6) is 0.284. The summed E-state index contributed by atoms with van der Waals surface area (Å²) in [6.07, 6.45) is 1.88. The van der Waals surface area contributed by atoms with E-state index < -0.39 is 10.0 Å². The van der Waals surface area contributed by atoms with Gasteiger partial charge in [0.1, 0.15) is 0 Å². The van der Waals surface area contributed by atoms with Gasteiger partial charge in [0.2, 0.25) is 10.0 Å². The molecule has 0 radical (unpaired) electrons. The van der Waals surface area contributed by atoms with Crippen LogP contribution in [0, 0.1) is 6.92 Å². The fourth-order valence-electron chi connectivity index (χ4n) is 2.42. The van der Waals surface area contributed by atoms with Gasteiger partial charge in [0.15, 0.2) is 0 Å². The zero-order valence-electron chi connectivity index (χ0n) is 12.1. The predicted octanol–water partition coefficient (Wildman–Crippen LogP) is 3.30. The molecule has 1 aromatic rings. The van der Waals surface area contributed by atoms with Crippen LogP contribution in [0.25, 0.3) is 0 Å². The summed E-state index contributed by atoms with van der Waals surface area (Å²) in [4.78, 5) is 0.263. The molecular weight excluding hydrogens is 378 g/mol. The van der Waals surface area contributed by atoms with E-state index in [0.29, 0.717) is 17.6 Å². The van der Waals surface area contributed by atoms with Crippen LogP contribution < -0.4 is 0 Å². The molecule has 0 bridgehead atoms. The fraction of sp³-hybridized carbons (Fsp3) is 0.571. The number of hydrogen-bond acceptors (Lipinski definition) is 3. The van der Waals surface area contributed by atoms with E-state index in [0.717, 1.165) is 24.0 Å². The van der Waals surface area contributed by atoms with Crippen LogP contribution in [0.3, 0.4) is 0 Å². The van der Waals surface area contributed by atoms with Crippen molar-refractivity contribution in [3.05, 3.63) is 27.7 Å². The number of sulfonamides is 1. The molecule has 2 rings (SSSR count). The van der Waals surface area contributed by atoms with Crippen LogP contribution in [-0.2, 0) is 20.6 Å². The van der Waals surface area contributed by atoms with Gasteiger partial charge in [0.25, 0.3) is 0 Å². The minimum Gasteiger partial charge on any atom is -0.377 e. The van der Waals surface area contributed by atoms with E-state index in [2.05, 4.69) is 15.9 Å². The molecule has 1 heterocycles. The third-order valence-corrected chi connectivity index (χ3v) is 7.08. The molecule has 4 nitrogen and oxygen atoms in total. The first-order valence-corrected chi connectivity index (χ1v) is 9.56. The van der Waals surface area contributed by atoms with Crippen LogP contribution in [-0.4, -0.2) is 39.0 Å². The zero-order chi connectivity index (χ0) is 15.6. The molecule has 1 fully saturated rings. The second-order valence-electron chi connectivity index (χ2n) is 5.28. The Bertz CT molecular complexity index is 615. The second-order valence-corrected chi connectivity index (χ2v) is 8.35. The molecule has 0 saturated carbocycles. The van der Waals surface area contributed by atoms with Gasteiger partial charge in [-0.25, -0.2) is 8.42 Å². The van der Waals surface area contributed by atoms with E-state index in [-0.39, 0.29) is 16.9 Å². The van der Waals surface area contributed by atoms with Gasteiger partial charge >= 0.3 is 0 Å². The number of ether oxygens (including phenoxy) is 1. The number of benzene rings is 1. The lowest BCUT2D eigenvalue weighted by atomic mass is 10.2. The van der Waals surface area contributed by atoms with Gasteiger partial charge in [-0.05, 0) is 52.9 Å². The Hall–Kier alpha value is -0.140. The summed E-state index contributed by atoms with van der Waals surface area (Å²) >= 11 is 9.23. The molecule has 1 atom stereocenters. The Kier molecular flexibility index (Phi) is 5.71. The van der Waals surface area contributed by atoms with Crippen LogP contribution in [0.2, 0.25) is 0 Å². The summed E-state index contributed by atoms with van der Waals surface area (Å²) in [5.41, 5.74) is 1.65. The molecule has 0 aliphatic carbocycles. The molecule has 1 aliphatic heterocycles. The molecule has 0 aromatic heterocycles. The molecular formula is C14H19BrClNO3S. The van der Waals surface area contributed by atoms with E-state index in [1.165, 1.54) is 4.31 Å². The van der Waals surface area contributed by atoms with E-state index >= 15 is 0 Å². The highest BCUT2D eigenvalue weighted by Crippen LogP contribution is 2.30. The van der Waals surface area contributed by atoms with Crippen molar-refractivity contribution in [2.45, 2.75) is 36.6 Å². The van der Waals surface area contributed by atoms with Gasteiger partial charge in [-0.3, -0.25) is 0 Å². The van der Waals surface area contributed by atoms with Crippen molar-refractivity contribution in [1.29, 1.82) is 0 Å². The molecule has 118 valence electrons. The largest absolute Gasteiger partial charge is 0.377 e. The number of likely N-dealkylation sites (N-methyl/N-ethyl adjacent to an activating group) is 1. The molecule has 7 heteroatoms. The lowest BCUT2D eigenvalue weighted by Crippen LogP contribution is -2.34. The van der Waals surface area contributed by atoms with Crippen LogP contribution >= 0.6 is 27.5 Å². The van der Waals surface area contributed by atoms with Crippen molar-refractivity contribution in [3.8, 4) is 0 Å². The third-order valence-electron chi connectivity index (χ3n) is 3.61. The van der Waals surface area contributed by atoms with Crippen molar-refractivity contribution in [3.63, 3.8) is 0 Å². The van der Waals surface area contributed by atoms with Gasteiger partial charge < -0.3 is 4.74 Å². The van der Waals surface area contributed by atoms with E-state index in [4.69, 9.17) is 16.3 Å². The molecule has 1 unspecified atom stereocenters. The fourth-order valence-corrected chi connectivity index (χ4v) is 4.80. The molecule has 0 N–H and O–H groups in total. The lowest BCUT2D eigenvalue weighted by Gasteiger charge is -2.22. The summed E-state index contributed by atoms with van der Waals surface area (Å²) in [6, 6.07) is 3.52. The number of alkyl halides is 1. The first-order chi connectivity index (χ1) is 9.86. The van der Waals surface area contributed by atoms with Crippen molar-refractivity contribution in [2.75, 3.05) is 20.2 Å². The summed E-state index contributed by atoms with van der Waals surface area (Å²) in [5, 5.41) is 0. The molecule has 1 aliphatic rings. The standard InChI is InChI=1S/C14H19BrClNO3S/c1-10-6-11(8-16)7-13(14(10)15)21(18,19)17(2)9-12-4-3-5-20-12/h6-7,12H,3-5,8-9H2,1-2H3. The van der Waals surface area contributed by atoms with Gasteiger partial charge in [0, 0.05) is 30.6 Å². The SMILES string of the molecule is Cc1cc(CCl)cc(S(=O)(=O)N(C)CC2CCCO2)c1Br. The number of nitrogens with zero attached hydrogens (tertiary/aromatic N) is 1. The van der Waals surface area contributed by atoms with E-state index in [1.807, 2.05) is 13.0 Å². The van der Waals surface area contributed by atoms with Gasteiger partial charge in [0.05, 0.1) is 11.0 Å². The summed E-state index contributed by atoms with van der Waals surface area (Å²) in [7, 11) is -1.97. The van der Waals surface area contributed by atoms with Crippen LogP contribution in [0.15, 0.2) is 21.5 Å². The van der Waals surface area contributed by atoms with Gasteiger partial charge in [-0.15, -0.1) is 11.6 Å². The number of halogens is 2. The Morgan fingerprint density at radius 1 is 1.48 bits per heavy atom. The first-order valence-electron chi connectivity index (χ1n) is 6.79. The average molecular weight is 397 g/mol. The van der Waals surface area contributed by atoms with Crippen molar-refractivity contribution >= 4 is 37.6 Å². The Morgan fingerprint density at radius 3 is 2.76 bits per heavy atom. The Labute approximate surface area is 139 Å². The first kappa shape index (κ1) is 17.2. The smallest absolute Gasteiger partial charge is 0.244 e.